The first kappa shape index (κ1) is 20.6. The molecule has 1 saturated heterocycles. The fourth-order valence-electron chi connectivity index (χ4n) is 2.64. The first-order valence-electron chi connectivity index (χ1n) is 8.27. The van der Waals surface area contributed by atoms with E-state index in [2.05, 4.69) is 43.0 Å². The zero-order valence-corrected chi connectivity index (χ0v) is 14.6. The third-order valence-electron chi connectivity index (χ3n) is 4.23. The predicted octanol–water partition coefficient (Wildman–Crippen LogP) is 1.66. The molecule has 138 valence electrons. The van der Waals surface area contributed by atoms with Gasteiger partial charge in [-0.3, -0.25) is 9.69 Å². The van der Waals surface area contributed by atoms with Crippen LogP contribution >= 0.6 is 0 Å². The molecule has 1 aliphatic rings. The normalized spacial score (nSPS) is 15.3. The van der Waals surface area contributed by atoms with Crippen molar-refractivity contribution in [1.82, 2.24) is 4.90 Å². The van der Waals surface area contributed by atoms with Gasteiger partial charge in [-0.2, -0.15) is 0 Å². The molecule has 0 atom stereocenters. The molecule has 0 spiro atoms. The molecule has 7 heteroatoms. The number of amides is 1. The van der Waals surface area contributed by atoms with Crippen LogP contribution < -0.4 is 5.73 Å². The number of hydrogen-bond acceptors (Lipinski definition) is 4. The second-order valence-corrected chi connectivity index (χ2v) is 6.46. The molecule has 1 aromatic rings. The number of carboxylic acid groups (broad SMARTS) is 2. The Morgan fingerprint density at radius 1 is 1.08 bits per heavy atom. The van der Waals surface area contributed by atoms with Gasteiger partial charge < -0.3 is 15.9 Å². The Balaban J connectivity index is 0.000000450. The second-order valence-electron chi connectivity index (χ2n) is 6.46. The van der Waals surface area contributed by atoms with E-state index in [1.54, 1.807) is 0 Å². The summed E-state index contributed by atoms with van der Waals surface area (Å²) < 4.78 is 0. The molecule has 1 aromatic carbocycles. The zero-order chi connectivity index (χ0) is 19.0. The second kappa shape index (κ2) is 9.78. The maximum atomic E-state index is 11.1. The summed E-state index contributed by atoms with van der Waals surface area (Å²) in [6, 6.07) is 8.87. The van der Waals surface area contributed by atoms with Crippen molar-refractivity contribution in [2.75, 3.05) is 13.1 Å². The van der Waals surface area contributed by atoms with Crippen LogP contribution in [0.3, 0.4) is 0 Å². The van der Waals surface area contributed by atoms with E-state index >= 15 is 0 Å². The van der Waals surface area contributed by atoms with E-state index in [0.717, 1.165) is 32.5 Å². The van der Waals surface area contributed by atoms with Crippen LogP contribution in [0.5, 0.6) is 0 Å². The van der Waals surface area contributed by atoms with Crippen LogP contribution in [-0.2, 0) is 20.9 Å². The Morgan fingerprint density at radius 2 is 1.56 bits per heavy atom. The lowest BCUT2D eigenvalue weighted by molar-refractivity contribution is -0.159. The highest BCUT2D eigenvalue weighted by atomic mass is 16.4. The molecule has 1 aliphatic heterocycles. The highest BCUT2D eigenvalue weighted by Crippen LogP contribution is 2.20. The van der Waals surface area contributed by atoms with Gasteiger partial charge in [0.15, 0.2) is 0 Å². The van der Waals surface area contributed by atoms with Gasteiger partial charge in [-0.25, -0.2) is 9.59 Å². The molecule has 2 rings (SSSR count). The number of carbonyl (C=O) groups is 3. The van der Waals surface area contributed by atoms with Crippen LogP contribution in [0.4, 0.5) is 0 Å². The van der Waals surface area contributed by atoms with Crippen molar-refractivity contribution < 1.29 is 24.6 Å². The van der Waals surface area contributed by atoms with Crippen molar-refractivity contribution in [1.29, 1.82) is 0 Å². The largest absolute Gasteiger partial charge is 0.473 e. The maximum absolute atomic E-state index is 11.1. The van der Waals surface area contributed by atoms with E-state index in [0.29, 0.717) is 5.92 Å². The SMILES string of the molecule is CC(C)c1ccc(CN2CCC(C(N)=O)CC2)cc1.O=C(O)C(=O)O. The first-order valence-corrected chi connectivity index (χ1v) is 8.27. The molecule has 0 bridgehead atoms. The lowest BCUT2D eigenvalue weighted by atomic mass is 9.95. The molecule has 0 aliphatic carbocycles. The van der Waals surface area contributed by atoms with Gasteiger partial charge in [0.2, 0.25) is 5.91 Å². The third-order valence-corrected chi connectivity index (χ3v) is 4.23. The van der Waals surface area contributed by atoms with E-state index in [1.807, 2.05) is 0 Å². The third kappa shape index (κ3) is 7.34. The van der Waals surface area contributed by atoms with Crippen molar-refractivity contribution >= 4 is 17.8 Å². The number of nitrogens with zero attached hydrogens (tertiary/aromatic N) is 1. The number of piperidine rings is 1. The summed E-state index contributed by atoms with van der Waals surface area (Å²) in [5.74, 6) is -3.12. The number of aliphatic carboxylic acids is 2. The molecular weight excluding hydrogens is 324 g/mol. The molecule has 4 N–H and O–H groups in total. The summed E-state index contributed by atoms with van der Waals surface area (Å²) >= 11 is 0. The van der Waals surface area contributed by atoms with Gasteiger partial charge in [0.1, 0.15) is 0 Å². The molecule has 1 amide bonds. The standard InChI is InChI=1S/C16H24N2O.C2H2O4/c1-12(2)14-5-3-13(4-6-14)11-18-9-7-15(8-10-18)16(17)19;3-1(4)2(5)6/h3-6,12,15H,7-11H2,1-2H3,(H2,17,19);(H,3,4)(H,5,6). The van der Waals surface area contributed by atoms with E-state index in [4.69, 9.17) is 25.5 Å². The summed E-state index contributed by atoms with van der Waals surface area (Å²) in [5.41, 5.74) is 8.09. The number of likely N-dealkylation sites (tertiary alicyclic amines) is 1. The van der Waals surface area contributed by atoms with Crippen LogP contribution in [0.2, 0.25) is 0 Å². The quantitative estimate of drug-likeness (QED) is 0.710. The van der Waals surface area contributed by atoms with E-state index in [9.17, 15) is 4.79 Å². The minimum atomic E-state index is -1.82. The van der Waals surface area contributed by atoms with Gasteiger partial charge in [-0.1, -0.05) is 38.1 Å². The predicted molar refractivity (Wildman–Crippen MR) is 93.0 cm³/mol. The number of benzene rings is 1. The highest BCUT2D eigenvalue weighted by Gasteiger charge is 2.22. The van der Waals surface area contributed by atoms with Crippen molar-refractivity contribution in [3.8, 4) is 0 Å². The monoisotopic (exact) mass is 350 g/mol. The van der Waals surface area contributed by atoms with E-state index < -0.39 is 11.9 Å². The maximum Gasteiger partial charge on any atom is 0.414 e. The molecular formula is C18H26N2O5. The number of carbonyl (C=O) groups excluding carboxylic acids is 1. The molecule has 1 heterocycles. The Morgan fingerprint density at radius 3 is 1.92 bits per heavy atom. The van der Waals surface area contributed by atoms with Crippen LogP contribution in [0.1, 0.15) is 43.7 Å². The van der Waals surface area contributed by atoms with Crippen molar-refractivity contribution in [2.45, 2.75) is 39.2 Å². The van der Waals surface area contributed by atoms with Crippen LogP contribution in [-0.4, -0.2) is 46.0 Å². The smallest absolute Gasteiger partial charge is 0.414 e. The number of nitrogens with two attached hydrogens (primary N) is 1. The number of carboxylic acids is 2. The molecule has 0 unspecified atom stereocenters. The van der Waals surface area contributed by atoms with E-state index in [1.165, 1.54) is 11.1 Å². The van der Waals surface area contributed by atoms with E-state index in [-0.39, 0.29) is 11.8 Å². The summed E-state index contributed by atoms with van der Waals surface area (Å²) in [4.78, 5) is 31.7. The summed E-state index contributed by atoms with van der Waals surface area (Å²) in [5, 5.41) is 14.8. The molecule has 7 nitrogen and oxygen atoms in total. The molecule has 0 saturated carbocycles. The number of primary amides is 1. The van der Waals surface area contributed by atoms with Gasteiger partial charge in [-0.15, -0.1) is 0 Å². The molecule has 25 heavy (non-hydrogen) atoms. The lowest BCUT2D eigenvalue weighted by Crippen LogP contribution is -2.38. The fourth-order valence-corrected chi connectivity index (χ4v) is 2.64. The van der Waals surface area contributed by atoms with Gasteiger partial charge in [0, 0.05) is 12.5 Å². The van der Waals surface area contributed by atoms with Crippen molar-refractivity contribution in [2.24, 2.45) is 11.7 Å². The van der Waals surface area contributed by atoms with Gasteiger partial charge >= 0.3 is 11.9 Å². The number of rotatable bonds is 4. The van der Waals surface area contributed by atoms with Gasteiger partial charge in [0.05, 0.1) is 0 Å². The minimum Gasteiger partial charge on any atom is -0.473 e. The molecule has 0 aromatic heterocycles. The molecule has 0 radical (unpaired) electrons. The number of hydrogen-bond donors (Lipinski definition) is 3. The summed E-state index contributed by atoms with van der Waals surface area (Å²) in [6.45, 7) is 7.34. The van der Waals surface area contributed by atoms with Gasteiger partial charge in [0.25, 0.3) is 0 Å². The fraction of sp³-hybridized carbons (Fsp3) is 0.500. The lowest BCUT2D eigenvalue weighted by Gasteiger charge is -2.30. The Hall–Kier alpha value is -2.41. The van der Waals surface area contributed by atoms with Crippen LogP contribution in [0, 0.1) is 5.92 Å². The Bertz CT molecular complexity index is 578. The van der Waals surface area contributed by atoms with Gasteiger partial charge in [-0.05, 0) is 43.0 Å². The highest BCUT2D eigenvalue weighted by molar-refractivity contribution is 6.27. The minimum absolute atomic E-state index is 0.0829. The van der Waals surface area contributed by atoms with Crippen LogP contribution in [0.25, 0.3) is 0 Å². The van der Waals surface area contributed by atoms with Crippen molar-refractivity contribution in [3.63, 3.8) is 0 Å². The Kier molecular flexibility index (Phi) is 8.07. The zero-order valence-electron chi connectivity index (χ0n) is 14.6. The molecule has 1 fully saturated rings. The topological polar surface area (TPSA) is 121 Å². The van der Waals surface area contributed by atoms with Crippen molar-refractivity contribution in [3.05, 3.63) is 35.4 Å². The van der Waals surface area contributed by atoms with Crippen LogP contribution in [0.15, 0.2) is 24.3 Å². The summed E-state index contributed by atoms with van der Waals surface area (Å²) in [7, 11) is 0. The first-order chi connectivity index (χ1) is 11.7. The average Bonchev–Trinajstić information content (AvgIpc) is 2.56. The average molecular weight is 350 g/mol. The summed E-state index contributed by atoms with van der Waals surface area (Å²) in [6.07, 6.45) is 1.80. The Labute approximate surface area is 147 Å².